The van der Waals surface area contributed by atoms with Crippen LogP contribution in [0.2, 0.25) is 6.82 Å². The summed E-state index contributed by atoms with van der Waals surface area (Å²) in [6.45, 7) is 4.25. The number of phosphoric acid groups is 1. The number of carbonyl (C=O) groups excluding carboxylic acids is 1. The van der Waals surface area contributed by atoms with Crippen LogP contribution in [-0.2, 0) is 39.7 Å². The highest BCUT2D eigenvalue weighted by Crippen LogP contribution is 2.39. The second kappa shape index (κ2) is 14.8. The molecule has 4 N–H and O–H groups in total. The summed E-state index contributed by atoms with van der Waals surface area (Å²) in [5.74, 6) is -0.346. The fraction of sp³-hybridized carbons (Fsp3) is 0.556. The molecule has 3 heterocycles. The Labute approximate surface area is 257 Å². The Hall–Kier alpha value is -2.40. The van der Waals surface area contributed by atoms with Gasteiger partial charge in [-0.15, -0.1) is 0 Å². The molecule has 0 spiro atoms. The summed E-state index contributed by atoms with van der Waals surface area (Å²) in [6.07, 6.45) is -1.51. The third-order valence-electron chi connectivity index (χ3n) is 7.36. The zero-order valence-electron chi connectivity index (χ0n) is 24.8. The maximum atomic E-state index is 13.8. The summed E-state index contributed by atoms with van der Waals surface area (Å²) in [6, 6.07) is 10.4. The van der Waals surface area contributed by atoms with Crippen LogP contribution in [0.25, 0.3) is 0 Å². The third-order valence-corrected chi connectivity index (χ3v) is 9.66. The number of nitrogens with one attached hydrogen (secondary N) is 1. The highest BCUT2D eigenvalue weighted by Gasteiger charge is 2.44. The molecule has 14 nitrogen and oxygen atoms in total. The summed E-state index contributed by atoms with van der Waals surface area (Å²) >= 11 is 0. The van der Waals surface area contributed by atoms with E-state index in [1.54, 1.807) is 44.2 Å². The summed E-state index contributed by atoms with van der Waals surface area (Å²) in [7, 11) is -9.51. The molecule has 242 valence electrons. The molecule has 2 aromatic rings. The van der Waals surface area contributed by atoms with Gasteiger partial charge in [-0.1, -0.05) is 57.1 Å². The molecule has 2 aliphatic rings. The molecule has 2 aliphatic heterocycles. The molecule has 1 aromatic heterocycles. The van der Waals surface area contributed by atoms with E-state index in [2.05, 4.69) is 10.3 Å². The van der Waals surface area contributed by atoms with Gasteiger partial charge in [-0.3, -0.25) is 4.52 Å². The summed E-state index contributed by atoms with van der Waals surface area (Å²) in [5.41, 5.74) is 1.11. The topological polar surface area (TPSA) is 194 Å². The third kappa shape index (κ3) is 9.31. The van der Waals surface area contributed by atoms with Crippen LogP contribution in [0.1, 0.15) is 25.8 Å². The van der Waals surface area contributed by atoms with Crippen LogP contribution in [0.4, 0.5) is 4.79 Å². The predicted molar refractivity (Wildman–Crippen MR) is 159 cm³/mol. The van der Waals surface area contributed by atoms with Crippen molar-refractivity contribution < 1.29 is 51.3 Å². The summed E-state index contributed by atoms with van der Waals surface area (Å²) in [4.78, 5) is 37.0. The lowest BCUT2D eigenvalue weighted by atomic mass is 9.65. The van der Waals surface area contributed by atoms with Crippen LogP contribution >= 0.6 is 7.82 Å². The Balaban J connectivity index is 1.64. The number of fused-ring (bicyclic) bond motifs is 1. The number of carbonyl (C=O) groups is 1. The van der Waals surface area contributed by atoms with E-state index < -0.39 is 61.9 Å². The van der Waals surface area contributed by atoms with Gasteiger partial charge in [-0.05, 0) is 35.9 Å². The second-order valence-electron chi connectivity index (χ2n) is 11.4. The molecule has 17 heteroatoms. The number of hydrogen-bond donors (Lipinski definition) is 4. The number of ether oxygens (including phenoxy) is 3. The number of hydrogen-bond acceptors (Lipinski definition) is 10. The molecule has 5 atom stereocenters. The van der Waals surface area contributed by atoms with Gasteiger partial charge in [-0.25, -0.2) is 22.8 Å². The number of phosphoric ester groups is 1. The van der Waals surface area contributed by atoms with Crippen molar-refractivity contribution in [3.63, 3.8) is 0 Å². The van der Waals surface area contributed by atoms with Crippen LogP contribution < -0.4 is 10.8 Å². The minimum atomic E-state index is -5.19. The van der Waals surface area contributed by atoms with E-state index in [4.69, 9.17) is 18.7 Å². The number of benzene rings is 1. The van der Waals surface area contributed by atoms with Gasteiger partial charge >= 0.3 is 20.8 Å². The van der Waals surface area contributed by atoms with Crippen molar-refractivity contribution in [2.24, 2.45) is 11.8 Å². The van der Waals surface area contributed by atoms with Crippen LogP contribution in [-0.4, -0.2) is 96.4 Å². The molecule has 2 saturated heterocycles. The number of aromatic nitrogens is 1. The lowest BCUT2D eigenvalue weighted by molar-refractivity contribution is -0.0907. The molecule has 1 aromatic carbocycles. The highest BCUT2D eigenvalue weighted by atomic mass is 32.2. The Morgan fingerprint density at radius 2 is 1.91 bits per heavy atom. The average molecular weight is 655 g/mol. The summed E-state index contributed by atoms with van der Waals surface area (Å²) in [5, 5.41) is 12.2. The molecule has 0 aliphatic carbocycles. The van der Waals surface area contributed by atoms with Crippen LogP contribution in [0.3, 0.4) is 0 Å². The van der Waals surface area contributed by atoms with Gasteiger partial charge in [0.25, 0.3) is 10.0 Å². The van der Waals surface area contributed by atoms with Crippen molar-refractivity contribution in [3.05, 3.63) is 54.2 Å². The molecule has 0 radical (unpaired) electrons. The standard InChI is InChI=1S/C27H39BN3O11PS/c1-18(2)15-31(44(37,38)25-10-9-20(14-29-25)28(3)33)16-23(42-43(34,35)36)22(13-19-7-5-4-6-8-19)30-27(32)41-24-17-40-26-21(24)11-12-39-26/h4-10,14,18,21-24,26,33H,11-13,15-17H2,1-3H3,(H,30,32)(H2,34,35,36)/t21-,22-,23+,24-,26+/m0/s1. The smallest absolute Gasteiger partial charge is 0.446 e. The average Bonchev–Trinajstić information content (AvgIpc) is 3.57. The molecule has 44 heavy (non-hydrogen) atoms. The molecule has 0 unspecified atom stereocenters. The van der Waals surface area contributed by atoms with Gasteiger partial charge in [0, 0.05) is 19.3 Å². The quantitative estimate of drug-likeness (QED) is 0.168. The Morgan fingerprint density at radius 3 is 2.52 bits per heavy atom. The van der Waals surface area contributed by atoms with Crippen LogP contribution in [0.15, 0.2) is 53.7 Å². The first-order chi connectivity index (χ1) is 20.7. The van der Waals surface area contributed by atoms with Crippen molar-refractivity contribution in [1.82, 2.24) is 14.6 Å². The van der Waals surface area contributed by atoms with Gasteiger partial charge in [0.2, 0.25) is 0 Å². The number of amides is 1. The molecule has 4 rings (SSSR count). The Morgan fingerprint density at radius 1 is 1.18 bits per heavy atom. The zero-order valence-corrected chi connectivity index (χ0v) is 26.5. The van der Waals surface area contributed by atoms with Crippen molar-refractivity contribution in [1.29, 1.82) is 0 Å². The molecule has 0 saturated carbocycles. The number of pyridine rings is 1. The van der Waals surface area contributed by atoms with Gasteiger partial charge in [-0.2, -0.15) is 4.31 Å². The highest BCUT2D eigenvalue weighted by molar-refractivity contribution is 7.89. The number of nitrogens with zero attached hydrogens (tertiary/aromatic N) is 2. The van der Waals surface area contributed by atoms with Crippen molar-refractivity contribution in [3.8, 4) is 0 Å². The number of alkyl carbamates (subject to hydrolysis) is 1. The maximum Gasteiger partial charge on any atom is 0.469 e. The first-order valence-electron chi connectivity index (χ1n) is 14.4. The fourth-order valence-electron chi connectivity index (χ4n) is 5.23. The second-order valence-corrected chi connectivity index (χ2v) is 14.4. The molecule has 2 fully saturated rings. The summed E-state index contributed by atoms with van der Waals surface area (Å²) < 4.78 is 62.7. The van der Waals surface area contributed by atoms with E-state index in [0.717, 1.165) is 4.31 Å². The minimum absolute atomic E-state index is 0.0356. The molecule has 0 bridgehead atoms. The first kappa shape index (κ1) is 34.5. The van der Waals surface area contributed by atoms with Gasteiger partial charge in [0.1, 0.15) is 12.2 Å². The van der Waals surface area contributed by atoms with Gasteiger partial charge < -0.3 is 34.3 Å². The SMILES string of the molecule is CB(O)c1ccc(S(=O)(=O)N(CC(C)C)C[C@@H](OP(=O)(O)O)[C@H](Cc2ccccc2)NC(=O)O[C@H]2CO[C@H]3OCC[C@H]32)nc1. The first-order valence-corrected chi connectivity index (χ1v) is 17.3. The maximum absolute atomic E-state index is 13.8. The van der Waals surface area contributed by atoms with Crippen molar-refractivity contribution >= 4 is 36.3 Å². The molecular formula is C27H39BN3O11PS. The number of rotatable bonds is 14. The van der Waals surface area contributed by atoms with E-state index in [9.17, 15) is 32.6 Å². The molecular weight excluding hydrogens is 616 g/mol. The largest absolute Gasteiger partial charge is 0.469 e. The van der Waals surface area contributed by atoms with E-state index in [-0.39, 0.29) is 36.4 Å². The van der Waals surface area contributed by atoms with Gasteiger partial charge in [0.05, 0.1) is 25.2 Å². The minimum Gasteiger partial charge on any atom is -0.446 e. The van der Waals surface area contributed by atoms with Crippen LogP contribution in [0, 0.1) is 11.8 Å². The van der Waals surface area contributed by atoms with Crippen molar-refractivity contribution in [2.45, 2.75) is 63.1 Å². The van der Waals surface area contributed by atoms with E-state index in [0.29, 0.717) is 24.1 Å². The Bertz CT molecular complexity index is 1400. The van der Waals surface area contributed by atoms with E-state index in [1.807, 2.05) is 0 Å². The van der Waals surface area contributed by atoms with Gasteiger partial charge in [0.15, 0.2) is 11.3 Å². The zero-order chi connectivity index (χ0) is 32.1. The fourth-order valence-corrected chi connectivity index (χ4v) is 7.32. The van der Waals surface area contributed by atoms with Crippen LogP contribution in [0.5, 0.6) is 0 Å². The number of sulfonamides is 1. The lowest BCUT2D eigenvalue weighted by Gasteiger charge is -2.33. The van der Waals surface area contributed by atoms with E-state index in [1.165, 1.54) is 25.2 Å². The normalized spacial score (nSPS) is 21.7. The monoisotopic (exact) mass is 655 g/mol. The predicted octanol–water partition coefficient (Wildman–Crippen LogP) is 1.13. The van der Waals surface area contributed by atoms with E-state index >= 15 is 0 Å². The lowest BCUT2D eigenvalue weighted by Crippen LogP contribution is -2.52. The Kier molecular flexibility index (Phi) is 11.6. The van der Waals surface area contributed by atoms with Crippen molar-refractivity contribution in [2.75, 3.05) is 26.3 Å². The molecule has 1 amide bonds.